The van der Waals surface area contributed by atoms with E-state index in [0.29, 0.717) is 6.07 Å². The molecule has 0 radical (unpaired) electrons. The van der Waals surface area contributed by atoms with Gasteiger partial charge in [0.25, 0.3) is 5.91 Å². The van der Waals surface area contributed by atoms with Crippen molar-refractivity contribution in [3.8, 4) is 0 Å². The number of hydrogen-bond acceptors (Lipinski definition) is 2. The Balaban J connectivity index is 1.88. The van der Waals surface area contributed by atoms with Gasteiger partial charge in [-0.25, -0.2) is 0 Å². The minimum absolute atomic E-state index is 0.0268. The first kappa shape index (κ1) is 22.4. The van der Waals surface area contributed by atoms with E-state index in [1.807, 2.05) is 0 Å². The summed E-state index contributed by atoms with van der Waals surface area (Å²) in [6.07, 6.45) is -9.25. The first-order chi connectivity index (χ1) is 13.9. The van der Waals surface area contributed by atoms with Crippen molar-refractivity contribution in [1.82, 2.24) is 10.3 Å². The normalized spacial score (nSPS) is 17.8. The lowest BCUT2D eigenvalue weighted by Gasteiger charge is -2.33. The highest BCUT2D eigenvalue weighted by molar-refractivity contribution is 6.24. The van der Waals surface area contributed by atoms with Gasteiger partial charge in [-0.15, -0.1) is 11.6 Å². The number of pyridine rings is 1. The van der Waals surface area contributed by atoms with Crippen molar-refractivity contribution >= 4 is 17.5 Å². The fourth-order valence-electron chi connectivity index (χ4n) is 3.25. The van der Waals surface area contributed by atoms with E-state index in [0.717, 1.165) is 12.3 Å². The predicted octanol–water partition coefficient (Wildman–Crippen LogP) is 5.70. The van der Waals surface area contributed by atoms with E-state index in [1.165, 1.54) is 12.1 Å². The highest BCUT2D eigenvalue weighted by atomic mass is 35.5. The van der Waals surface area contributed by atoms with Crippen LogP contribution in [0.15, 0.2) is 48.7 Å². The Morgan fingerprint density at radius 3 is 2.13 bits per heavy atom. The molecular weight excluding hydrogens is 434 g/mol. The average Bonchev–Trinajstić information content (AvgIpc) is 3.47. The van der Waals surface area contributed by atoms with Crippen LogP contribution >= 0.6 is 11.6 Å². The number of aromatic nitrogens is 1. The Morgan fingerprint density at radius 2 is 1.67 bits per heavy atom. The fourth-order valence-corrected chi connectivity index (χ4v) is 3.69. The summed E-state index contributed by atoms with van der Waals surface area (Å²) in [5, 5.41) is 2.50. The molecule has 1 heterocycles. The second-order valence-electron chi connectivity index (χ2n) is 7.40. The third-order valence-corrected chi connectivity index (χ3v) is 5.70. The Bertz CT molecular complexity index is 894. The van der Waals surface area contributed by atoms with Crippen molar-refractivity contribution in [1.29, 1.82) is 0 Å². The largest absolute Gasteiger partial charge is 0.433 e. The van der Waals surface area contributed by atoms with E-state index < -0.39 is 47.2 Å². The molecule has 162 valence electrons. The first-order valence-electron chi connectivity index (χ1n) is 8.99. The minimum atomic E-state index is -4.70. The van der Waals surface area contributed by atoms with Crippen LogP contribution in [0.5, 0.6) is 0 Å². The van der Waals surface area contributed by atoms with Crippen molar-refractivity contribution in [3.05, 3.63) is 65.5 Å². The van der Waals surface area contributed by atoms with E-state index in [9.17, 15) is 31.1 Å². The third kappa shape index (κ3) is 4.71. The lowest BCUT2D eigenvalue weighted by molar-refractivity contribution is -0.191. The summed E-state index contributed by atoms with van der Waals surface area (Å²) in [5.41, 5.74) is -2.97. The van der Waals surface area contributed by atoms with Crippen LogP contribution in [0, 0.1) is 5.41 Å². The van der Waals surface area contributed by atoms with Gasteiger partial charge in [0.1, 0.15) is 5.69 Å². The van der Waals surface area contributed by atoms with Crippen LogP contribution in [0.2, 0.25) is 0 Å². The summed E-state index contributed by atoms with van der Waals surface area (Å²) < 4.78 is 78.9. The van der Waals surface area contributed by atoms with E-state index in [-0.39, 0.29) is 24.0 Å². The second kappa shape index (κ2) is 7.76. The molecule has 1 aliphatic rings. The molecule has 1 aromatic carbocycles. The summed E-state index contributed by atoms with van der Waals surface area (Å²) in [6, 6.07) is 9.63. The average molecular weight is 451 g/mol. The van der Waals surface area contributed by atoms with E-state index >= 15 is 0 Å². The van der Waals surface area contributed by atoms with Crippen LogP contribution in [0.3, 0.4) is 0 Å². The number of carbonyl (C=O) groups excluding carboxylic acids is 1. The maximum absolute atomic E-state index is 13.5. The summed E-state index contributed by atoms with van der Waals surface area (Å²) in [4.78, 5) is 13.9. The molecule has 1 aliphatic carbocycles. The molecule has 0 aliphatic heterocycles. The number of amides is 1. The number of nitrogens with one attached hydrogen (secondary N) is 1. The fraction of sp³-hybridized carbons (Fsp3) is 0.400. The molecule has 1 N–H and O–H groups in total. The van der Waals surface area contributed by atoms with Crippen molar-refractivity contribution in [2.24, 2.45) is 5.41 Å². The number of carbonyl (C=O) groups is 1. The molecule has 0 spiro atoms. The summed E-state index contributed by atoms with van der Waals surface area (Å²) in [6.45, 7) is -0.410. The number of nitrogens with zero attached hydrogens (tertiary/aromatic N) is 1. The van der Waals surface area contributed by atoms with Gasteiger partial charge < -0.3 is 5.32 Å². The SMILES string of the molecule is O=C(NCC(Cl)(CC1(C(F)(F)F)CC1)c1ccc(C(F)(F)F)nc1)c1ccccc1. The van der Waals surface area contributed by atoms with Gasteiger partial charge in [0, 0.05) is 18.3 Å². The topological polar surface area (TPSA) is 42.0 Å². The van der Waals surface area contributed by atoms with Crippen LogP contribution in [0.25, 0.3) is 0 Å². The van der Waals surface area contributed by atoms with Gasteiger partial charge >= 0.3 is 12.4 Å². The molecule has 1 aromatic heterocycles. The molecule has 3 rings (SSSR count). The van der Waals surface area contributed by atoms with Crippen molar-refractivity contribution in [2.45, 2.75) is 36.5 Å². The Morgan fingerprint density at radius 1 is 1.03 bits per heavy atom. The molecule has 10 heteroatoms. The molecule has 2 aromatic rings. The standard InChI is InChI=1S/C20H17ClF6N2O/c21-18(11-17(8-9-17)20(25,26)27,12-29-16(30)13-4-2-1-3-5-13)14-6-7-15(28-10-14)19(22,23)24/h1-7,10H,8-9,11-12H2,(H,29,30). The van der Waals surface area contributed by atoms with Gasteiger partial charge in [0.05, 0.1) is 10.3 Å². The summed E-state index contributed by atoms with van der Waals surface area (Å²) in [5.74, 6) is -0.558. The quantitative estimate of drug-likeness (QED) is 0.453. The third-order valence-electron chi connectivity index (χ3n) is 5.21. The highest BCUT2D eigenvalue weighted by Gasteiger charge is 2.65. The zero-order valence-corrected chi connectivity index (χ0v) is 16.2. The number of rotatable bonds is 6. The molecule has 1 fully saturated rings. The molecule has 0 saturated heterocycles. The van der Waals surface area contributed by atoms with Crippen LogP contribution in [-0.2, 0) is 11.1 Å². The smallest absolute Gasteiger partial charge is 0.350 e. The van der Waals surface area contributed by atoms with Crippen LogP contribution in [0.1, 0.15) is 40.9 Å². The molecule has 1 atom stereocenters. The van der Waals surface area contributed by atoms with Crippen LogP contribution in [-0.4, -0.2) is 23.6 Å². The minimum Gasteiger partial charge on any atom is -0.350 e. The van der Waals surface area contributed by atoms with Crippen molar-refractivity contribution in [2.75, 3.05) is 6.54 Å². The van der Waals surface area contributed by atoms with Gasteiger partial charge in [-0.2, -0.15) is 26.3 Å². The predicted molar refractivity (Wildman–Crippen MR) is 97.9 cm³/mol. The van der Waals surface area contributed by atoms with Gasteiger partial charge in [-0.3, -0.25) is 9.78 Å². The molecule has 0 bridgehead atoms. The van der Waals surface area contributed by atoms with Crippen molar-refractivity contribution in [3.63, 3.8) is 0 Å². The van der Waals surface area contributed by atoms with Gasteiger partial charge in [0.2, 0.25) is 0 Å². The number of alkyl halides is 7. The number of halogens is 7. The van der Waals surface area contributed by atoms with E-state index in [1.54, 1.807) is 18.2 Å². The lowest BCUT2D eigenvalue weighted by atomic mass is 9.85. The zero-order valence-electron chi connectivity index (χ0n) is 15.4. The summed E-state index contributed by atoms with van der Waals surface area (Å²) >= 11 is 6.56. The van der Waals surface area contributed by atoms with Crippen molar-refractivity contribution < 1.29 is 31.1 Å². The molecule has 30 heavy (non-hydrogen) atoms. The molecular formula is C20H17ClF6N2O. The maximum Gasteiger partial charge on any atom is 0.433 e. The van der Waals surface area contributed by atoms with Gasteiger partial charge in [-0.1, -0.05) is 24.3 Å². The first-order valence-corrected chi connectivity index (χ1v) is 9.37. The van der Waals surface area contributed by atoms with Crippen LogP contribution < -0.4 is 5.32 Å². The molecule has 1 saturated carbocycles. The van der Waals surface area contributed by atoms with Gasteiger partial charge in [0.15, 0.2) is 0 Å². The monoisotopic (exact) mass is 450 g/mol. The second-order valence-corrected chi connectivity index (χ2v) is 8.12. The molecule has 1 amide bonds. The lowest BCUT2D eigenvalue weighted by Crippen LogP contribution is -2.41. The zero-order chi connectivity index (χ0) is 22.2. The van der Waals surface area contributed by atoms with Crippen LogP contribution in [0.4, 0.5) is 26.3 Å². The number of hydrogen-bond donors (Lipinski definition) is 1. The Hall–Kier alpha value is -2.29. The Labute approximate surface area is 173 Å². The highest BCUT2D eigenvalue weighted by Crippen LogP contribution is 2.63. The number of benzene rings is 1. The van der Waals surface area contributed by atoms with E-state index in [2.05, 4.69) is 10.3 Å². The maximum atomic E-state index is 13.5. The summed E-state index contributed by atoms with van der Waals surface area (Å²) in [7, 11) is 0. The Kier molecular flexibility index (Phi) is 5.79. The van der Waals surface area contributed by atoms with E-state index in [4.69, 9.17) is 11.6 Å². The molecule has 1 unspecified atom stereocenters. The van der Waals surface area contributed by atoms with Gasteiger partial charge in [-0.05, 0) is 43.0 Å². The molecule has 3 nitrogen and oxygen atoms in total.